The van der Waals surface area contributed by atoms with Gasteiger partial charge in [0, 0.05) is 29.0 Å². The highest BCUT2D eigenvalue weighted by molar-refractivity contribution is 7.13. The molecular weight excluding hydrogens is 396 g/mol. The van der Waals surface area contributed by atoms with Crippen LogP contribution in [-0.4, -0.2) is 25.4 Å². The van der Waals surface area contributed by atoms with E-state index in [9.17, 15) is 13.6 Å². The van der Waals surface area contributed by atoms with Crippen molar-refractivity contribution in [3.8, 4) is 22.1 Å². The van der Waals surface area contributed by atoms with Gasteiger partial charge in [-0.25, -0.2) is 13.8 Å². The van der Waals surface area contributed by atoms with Crippen LogP contribution in [-0.2, 0) is 6.54 Å². The van der Waals surface area contributed by atoms with Gasteiger partial charge in [-0.3, -0.25) is 14.8 Å². The van der Waals surface area contributed by atoms with E-state index in [2.05, 4.69) is 15.0 Å². The second-order valence-electron chi connectivity index (χ2n) is 6.31. The molecule has 1 amide bonds. The molecule has 0 aliphatic heterocycles. The van der Waals surface area contributed by atoms with Gasteiger partial charge >= 0.3 is 0 Å². The first-order valence-corrected chi connectivity index (χ1v) is 9.48. The highest BCUT2D eigenvalue weighted by Gasteiger charge is 2.21. The number of carbonyl (C=O) groups is 1. The average molecular weight is 411 g/mol. The quantitative estimate of drug-likeness (QED) is 0.541. The summed E-state index contributed by atoms with van der Waals surface area (Å²) in [5.41, 5.74) is 7.84. The van der Waals surface area contributed by atoms with E-state index in [0.717, 1.165) is 0 Å². The number of hydrogen-bond donors (Lipinski definition) is 1. The summed E-state index contributed by atoms with van der Waals surface area (Å²) in [7, 11) is 0. The van der Waals surface area contributed by atoms with Crippen LogP contribution in [0.1, 0.15) is 21.6 Å². The maximum absolute atomic E-state index is 14.2. The molecule has 9 heteroatoms. The molecule has 29 heavy (non-hydrogen) atoms. The van der Waals surface area contributed by atoms with Crippen molar-refractivity contribution in [2.75, 3.05) is 0 Å². The number of halogens is 2. The SMILES string of the molecule is Cc1c(C(N)=O)cc(-c2csc(-c3cnccn3)n2)n1Cc1c(F)cccc1F. The predicted octanol–water partition coefficient (Wildman–Crippen LogP) is 3.80. The van der Waals surface area contributed by atoms with Crippen LogP contribution in [0.3, 0.4) is 0 Å². The largest absolute Gasteiger partial charge is 0.366 e. The number of nitrogens with zero attached hydrogens (tertiary/aromatic N) is 4. The lowest BCUT2D eigenvalue weighted by molar-refractivity contribution is 0.0999. The first-order chi connectivity index (χ1) is 14.0. The summed E-state index contributed by atoms with van der Waals surface area (Å²) in [5, 5.41) is 2.42. The summed E-state index contributed by atoms with van der Waals surface area (Å²) in [6, 6.07) is 5.29. The highest BCUT2D eigenvalue weighted by atomic mass is 32.1. The molecular formula is C20H15F2N5OS. The van der Waals surface area contributed by atoms with Gasteiger partial charge in [0.1, 0.15) is 22.3 Å². The molecule has 0 saturated carbocycles. The average Bonchev–Trinajstić information content (AvgIpc) is 3.31. The van der Waals surface area contributed by atoms with Gasteiger partial charge in [-0.15, -0.1) is 11.3 Å². The monoisotopic (exact) mass is 411 g/mol. The van der Waals surface area contributed by atoms with Crippen LogP contribution >= 0.6 is 11.3 Å². The molecule has 1 aromatic carbocycles. The summed E-state index contributed by atoms with van der Waals surface area (Å²) in [6.07, 6.45) is 4.72. The number of hydrogen-bond acceptors (Lipinski definition) is 5. The van der Waals surface area contributed by atoms with E-state index in [1.165, 1.54) is 29.5 Å². The summed E-state index contributed by atoms with van der Waals surface area (Å²) >= 11 is 1.35. The van der Waals surface area contributed by atoms with Crippen LogP contribution in [0.25, 0.3) is 22.1 Å². The molecule has 0 aliphatic rings. The fraction of sp³-hybridized carbons (Fsp3) is 0.100. The number of benzene rings is 1. The molecule has 0 bridgehead atoms. The van der Waals surface area contributed by atoms with Crippen LogP contribution < -0.4 is 5.73 Å². The minimum atomic E-state index is -0.664. The number of rotatable bonds is 5. The van der Waals surface area contributed by atoms with Gasteiger partial charge in [0.05, 0.1) is 29.7 Å². The minimum Gasteiger partial charge on any atom is -0.366 e. The zero-order valence-electron chi connectivity index (χ0n) is 15.3. The molecule has 2 N–H and O–H groups in total. The summed E-state index contributed by atoms with van der Waals surface area (Å²) in [5.74, 6) is -1.95. The zero-order chi connectivity index (χ0) is 20.5. The Balaban J connectivity index is 1.83. The lowest BCUT2D eigenvalue weighted by atomic mass is 10.2. The lowest BCUT2D eigenvalue weighted by Crippen LogP contribution is -2.13. The summed E-state index contributed by atoms with van der Waals surface area (Å²) in [6.45, 7) is 1.57. The Morgan fingerprint density at radius 1 is 1.21 bits per heavy atom. The Bertz CT molecular complexity index is 1180. The van der Waals surface area contributed by atoms with Crippen molar-refractivity contribution in [2.24, 2.45) is 5.73 Å². The number of thiazole rings is 1. The third kappa shape index (κ3) is 3.52. The van der Waals surface area contributed by atoms with E-state index >= 15 is 0 Å². The van der Waals surface area contributed by atoms with Crippen LogP contribution in [0.4, 0.5) is 8.78 Å². The molecule has 6 nitrogen and oxygen atoms in total. The summed E-state index contributed by atoms with van der Waals surface area (Å²) in [4.78, 5) is 24.7. The van der Waals surface area contributed by atoms with Gasteiger partial charge in [-0.1, -0.05) is 6.07 Å². The molecule has 3 aromatic heterocycles. The van der Waals surface area contributed by atoms with E-state index in [0.29, 0.717) is 27.8 Å². The molecule has 0 saturated heterocycles. The molecule has 146 valence electrons. The first-order valence-electron chi connectivity index (χ1n) is 8.61. The van der Waals surface area contributed by atoms with Crippen LogP contribution in [0.15, 0.2) is 48.2 Å². The number of nitrogens with two attached hydrogens (primary N) is 1. The van der Waals surface area contributed by atoms with Crippen molar-refractivity contribution in [2.45, 2.75) is 13.5 Å². The van der Waals surface area contributed by atoms with Crippen LogP contribution in [0.5, 0.6) is 0 Å². The highest BCUT2D eigenvalue weighted by Crippen LogP contribution is 2.31. The fourth-order valence-electron chi connectivity index (χ4n) is 3.07. The Morgan fingerprint density at radius 2 is 1.97 bits per heavy atom. The van der Waals surface area contributed by atoms with E-state index in [4.69, 9.17) is 5.73 Å². The fourth-order valence-corrected chi connectivity index (χ4v) is 3.84. The number of aromatic nitrogens is 4. The third-order valence-electron chi connectivity index (χ3n) is 4.56. The minimum absolute atomic E-state index is 0.104. The van der Waals surface area contributed by atoms with Crippen molar-refractivity contribution in [3.05, 3.63) is 76.7 Å². The number of primary amides is 1. The molecule has 4 aromatic rings. The molecule has 0 spiro atoms. The molecule has 3 heterocycles. The van der Waals surface area contributed by atoms with Gasteiger partial charge in [-0.05, 0) is 25.1 Å². The second-order valence-corrected chi connectivity index (χ2v) is 7.17. The van der Waals surface area contributed by atoms with E-state index in [1.54, 1.807) is 41.5 Å². The van der Waals surface area contributed by atoms with E-state index in [1.807, 2.05) is 0 Å². The first kappa shape index (κ1) is 18.9. The van der Waals surface area contributed by atoms with Crippen LogP contribution in [0.2, 0.25) is 0 Å². The second kappa shape index (κ2) is 7.51. The maximum Gasteiger partial charge on any atom is 0.250 e. The Kier molecular flexibility index (Phi) is 4.89. The molecule has 0 atom stereocenters. The third-order valence-corrected chi connectivity index (χ3v) is 5.42. The van der Waals surface area contributed by atoms with Gasteiger partial charge in [0.2, 0.25) is 0 Å². The Hall–Kier alpha value is -3.46. The van der Waals surface area contributed by atoms with Gasteiger partial charge in [0.15, 0.2) is 0 Å². The van der Waals surface area contributed by atoms with Crippen molar-refractivity contribution in [1.82, 2.24) is 19.5 Å². The van der Waals surface area contributed by atoms with Crippen molar-refractivity contribution < 1.29 is 13.6 Å². The summed E-state index contributed by atoms with van der Waals surface area (Å²) < 4.78 is 30.1. The smallest absolute Gasteiger partial charge is 0.250 e. The number of amides is 1. The predicted molar refractivity (Wildman–Crippen MR) is 105 cm³/mol. The molecule has 0 radical (unpaired) electrons. The normalized spacial score (nSPS) is 11.0. The topological polar surface area (TPSA) is 86.7 Å². The molecule has 0 fully saturated rings. The molecule has 0 unspecified atom stereocenters. The Morgan fingerprint density at radius 3 is 2.62 bits per heavy atom. The van der Waals surface area contributed by atoms with Crippen molar-refractivity contribution in [3.63, 3.8) is 0 Å². The van der Waals surface area contributed by atoms with E-state index < -0.39 is 17.5 Å². The van der Waals surface area contributed by atoms with Crippen LogP contribution in [0, 0.1) is 18.6 Å². The zero-order valence-corrected chi connectivity index (χ0v) is 16.1. The van der Waals surface area contributed by atoms with Gasteiger partial charge < -0.3 is 10.3 Å². The maximum atomic E-state index is 14.2. The standard InChI is InChI=1S/C20H15F2N5OS/c1-11-12(19(23)28)7-18(27(11)9-13-14(21)3-2-4-15(13)22)17-10-29-20(26-17)16-8-24-5-6-25-16/h2-8,10H,9H2,1H3,(H2,23,28). The molecule has 0 aliphatic carbocycles. The number of carbonyl (C=O) groups excluding carboxylic acids is 1. The van der Waals surface area contributed by atoms with Crippen molar-refractivity contribution in [1.29, 1.82) is 0 Å². The molecule has 4 rings (SSSR count). The van der Waals surface area contributed by atoms with Gasteiger partial charge in [0.25, 0.3) is 5.91 Å². The van der Waals surface area contributed by atoms with Crippen molar-refractivity contribution >= 4 is 17.2 Å². The van der Waals surface area contributed by atoms with Gasteiger partial charge in [-0.2, -0.15) is 0 Å². The van der Waals surface area contributed by atoms with E-state index in [-0.39, 0.29) is 17.7 Å². The Labute approximate surface area is 168 Å². The lowest BCUT2D eigenvalue weighted by Gasteiger charge is -2.12.